The Balaban J connectivity index is 2.01. The number of hydrogen-bond donors (Lipinski definition) is 1. The van der Waals surface area contributed by atoms with Gasteiger partial charge in [0.2, 0.25) is 0 Å². The van der Waals surface area contributed by atoms with Gasteiger partial charge >= 0.3 is 0 Å². The fraction of sp³-hybridized carbons (Fsp3) is 0.438. The molecule has 0 radical (unpaired) electrons. The molecule has 0 saturated heterocycles. The average Bonchev–Trinajstić information content (AvgIpc) is 3.23. The summed E-state index contributed by atoms with van der Waals surface area (Å²) in [5.41, 5.74) is 9.51. The predicted octanol–water partition coefficient (Wildman–Crippen LogP) is 3.10. The van der Waals surface area contributed by atoms with Crippen LogP contribution in [0.25, 0.3) is 11.3 Å². The first-order chi connectivity index (χ1) is 9.61. The van der Waals surface area contributed by atoms with Gasteiger partial charge < -0.3 is 15.2 Å². The zero-order valence-electron chi connectivity index (χ0n) is 12.4. The molecule has 1 fully saturated rings. The molecule has 2 aromatic rings. The summed E-state index contributed by atoms with van der Waals surface area (Å²) in [4.78, 5) is 6.90. The zero-order valence-corrected chi connectivity index (χ0v) is 12.4. The number of anilines is 2. The van der Waals surface area contributed by atoms with Gasteiger partial charge in [0, 0.05) is 37.8 Å². The van der Waals surface area contributed by atoms with Crippen molar-refractivity contribution in [2.45, 2.75) is 32.2 Å². The van der Waals surface area contributed by atoms with Crippen LogP contribution in [0.2, 0.25) is 0 Å². The van der Waals surface area contributed by atoms with Crippen LogP contribution in [0.1, 0.15) is 31.5 Å². The van der Waals surface area contributed by atoms with Gasteiger partial charge in [0.25, 0.3) is 0 Å². The van der Waals surface area contributed by atoms with E-state index in [1.807, 2.05) is 14.1 Å². The Labute approximate surface area is 120 Å². The molecule has 0 spiro atoms. The highest BCUT2D eigenvalue weighted by Crippen LogP contribution is 2.42. The van der Waals surface area contributed by atoms with Gasteiger partial charge in [0.15, 0.2) is 0 Å². The van der Waals surface area contributed by atoms with Crippen LogP contribution in [-0.4, -0.2) is 23.6 Å². The van der Waals surface area contributed by atoms with Crippen LogP contribution in [0.3, 0.4) is 0 Å². The first-order valence-corrected chi connectivity index (χ1v) is 7.25. The van der Waals surface area contributed by atoms with E-state index in [0.717, 1.165) is 29.4 Å². The van der Waals surface area contributed by atoms with Crippen molar-refractivity contribution in [2.24, 2.45) is 0 Å². The molecule has 0 unspecified atom stereocenters. The maximum absolute atomic E-state index is 6.30. The fourth-order valence-electron chi connectivity index (χ4n) is 2.60. The lowest BCUT2D eigenvalue weighted by molar-refractivity contribution is 0.708. The minimum atomic E-state index is 0.618. The van der Waals surface area contributed by atoms with Crippen LogP contribution in [0.4, 0.5) is 11.5 Å². The van der Waals surface area contributed by atoms with Gasteiger partial charge in [-0.2, -0.15) is 0 Å². The molecule has 0 bridgehead atoms. The highest BCUT2D eigenvalue weighted by atomic mass is 15.1. The lowest BCUT2D eigenvalue weighted by atomic mass is 10.1. The molecule has 4 nitrogen and oxygen atoms in total. The van der Waals surface area contributed by atoms with E-state index in [4.69, 9.17) is 10.7 Å². The molecule has 1 aliphatic carbocycles. The normalized spacial score (nSPS) is 14.6. The molecule has 1 aromatic carbocycles. The summed E-state index contributed by atoms with van der Waals surface area (Å²) in [6.07, 6.45) is 2.49. The van der Waals surface area contributed by atoms with Crippen molar-refractivity contribution in [3.8, 4) is 11.3 Å². The molecule has 1 saturated carbocycles. The maximum Gasteiger partial charge on any atom is 0.131 e. The van der Waals surface area contributed by atoms with Crippen molar-refractivity contribution in [3.05, 3.63) is 30.1 Å². The molecule has 106 valence electrons. The van der Waals surface area contributed by atoms with E-state index in [9.17, 15) is 0 Å². The smallest absolute Gasteiger partial charge is 0.131 e. The van der Waals surface area contributed by atoms with E-state index < -0.39 is 0 Å². The third-order valence-corrected chi connectivity index (χ3v) is 3.95. The highest BCUT2D eigenvalue weighted by Gasteiger charge is 2.30. The Bertz CT molecular complexity index is 606. The lowest BCUT2D eigenvalue weighted by Gasteiger charge is -2.12. The number of aromatic nitrogens is 2. The number of rotatable bonds is 4. The molecular weight excluding hydrogens is 248 g/mol. The molecular formula is C16H22N4. The van der Waals surface area contributed by atoms with Gasteiger partial charge in [-0.15, -0.1) is 0 Å². The Kier molecular flexibility index (Phi) is 3.16. The molecule has 0 atom stereocenters. The molecule has 1 aliphatic rings. The molecule has 4 heteroatoms. The fourth-order valence-corrected chi connectivity index (χ4v) is 2.60. The van der Waals surface area contributed by atoms with E-state index in [1.54, 1.807) is 0 Å². The van der Waals surface area contributed by atoms with Gasteiger partial charge in [0.05, 0.1) is 0 Å². The van der Waals surface area contributed by atoms with Gasteiger partial charge in [-0.3, -0.25) is 0 Å². The van der Waals surface area contributed by atoms with E-state index in [-0.39, 0.29) is 0 Å². The summed E-state index contributed by atoms with van der Waals surface area (Å²) < 4.78 is 2.16. The molecule has 1 heterocycles. The van der Waals surface area contributed by atoms with Crippen molar-refractivity contribution in [2.75, 3.05) is 24.7 Å². The van der Waals surface area contributed by atoms with Crippen LogP contribution >= 0.6 is 0 Å². The topological polar surface area (TPSA) is 47.1 Å². The molecule has 3 rings (SSSR count). The molecule has 0 aliphatic heterocycles. The van der Waals surface area contributed by atoms with Crippen LogP contribution in [0.15, 0.2) is 24.3 Å². The minimum Gasteiger partial charge on any atom is -0.383 e. The van der Waals surface area contributed by atoms with Gasteiger partial charge in [-0.05, 0) is 31.9 Å². The second-order valence-corrected chi connectivity index (χ2v) is 5.66. The summed E-state index contributed by atoms with van der Waals surface area (Å²) in [5, 5.41) is 0. The molecule has 20 heavy (non-hydrogen) atoms. The SMILES string of the molecule is CCn1c(C2CC2)nc(-c2ccc(N(C)C)cc2)c1N. The van der Waals surface area contributed by atoms with Crippen LogP contribution in [0, 0.1) is 0 Å². The summed E-state index contributed by atoms with van der Waals surface area (Å²) in [6, 6.07) is 8.42. The Morgan fingerprint density at radius 3 is 2.40 bits per heavy atom. The molecule has 1 aromatic heterocycles. The molecule has 2 N–H and O–H groups in total. The van der Waals surface area contributed by atoms with E-state index in [0.29, 0.717) is 5.92 Å². The van der Waals surface area contributed by atoms with Crippen molar-refractivity contribution >= 4 is 11.5 Å². The van der Waals surface area contributed by atoms with Gasteiger partial charge in [0.1, 0.15) is 17.3 Å². The summed E-state index contributed by atoms with van der Waals surface area (Å²) >= 11 is 0. The quantitative estimate of drug-likeness (QED) is 0.928. The van der Waals surface area contributed by atoms with Gasteiger partial charge in [-0.1, -0.05) is 12.1 Å². The standard InChI is InChI=1S/C16H22N4/c1-4-20-15(17)14(18-16(20)12-5-6-12)11-7-9-13(10-8-11)19(2)3/h7-10,12H,4-6,17H2,1-3H3. The minimum absolute atomic E-state index is 0.618. The van der Waals surface area contributed by atoms with Crippen LogP contribution < -0.4 is 10.6 Å². The second-order valence-electron chi connectivity index (χ2n) is 5.66. The lowest BCUT2D eigenvalue weighted by Crippen LogP contribution is -2.08. The number of benzene rings is 1. The third kappa shape index (κ3) is 2.15. The number of imidazole rings is 1. The van der Waals surface area contributed by atoms with E-state index >= 15 is 0 Å². The Morgan fingerprint density at radius 1 is 1.25 bits per heavy atom. The first kappa shape index (κ1) is 13.0. The van der Waals surface area contributed by atoms with Crippen molar-refractivity contribution in [3.63, 3.8) is 0 Å². The zero-order chi connectivity index (χ0) is 14.3. The number of hydrogen-bond acceptors (Lipinski definition) is 3. The maximum atomic E-state index is 6.30. The van der Waals surface area contributed by atoms with Crippen molar-refractivity contribution in [1.29, 1.82) is 0 Å². The highest BCUT2D eigenvalue weighted by molar-refractivity contribution is 5.72. The number of nitrogen functional groups attached to an aromatic ring is 1. The molecule has 0 amide bonds. The second kappa shape index (κ2) is 4.85. The van der Waals surface area contributed by atoms with Crippen LogP contribution in [-0.2, 0) is 6.54 Å². The van der Waals surface area contributed by atoms with Crippen molar-refractivity contribution < 1.29 is 0 Å². The third-order valence-electron chi connectivity index (χ3n) is 3.95. The first-order valence-electron chi connectivity index (χ1n) is 7.25. The van der Waals surface area contributed by atoms with Gasteiger partial charge in [-0.25, -0.2) is 4.98 Å². The van der Waals surface area contributed by atoms with E-state index in [2.05, 4.69) is 40.7 Å². The summed E-state index contributed by atoms with van der Waals surface area (Å²) in [7, 11) is 4.08. The summed E-state index contributed by atoms with van der Waals surface area (Å²) in [6.45, 7) is 3.02. The number of nitrogens with zero attached hydrogens (tertiary/aromatic N) is 3. The predicted molar refractivity (Wildman–Crippen MR) is 84.1 cm³/mol. The van der Waals surface area contributed by atoms with Crippen molar-refractivity contribution in [1.82, 2.24) is 9.55 Å². The monoisotopic (exact) mass is 270 g/mol. The Hall–Kier alpha value is -1.97. The summed E-state index contributed by atoms with van der Waals surface area (Å²) in [5.74, 6) is 2.58. The average molecular weight is 270 g/mol. The largest absolute Gasteiger partial charge is 0.383 e. The number of nitrogens with two attached hydrogens (primary N) is 1. The van der Waals surface area contributed by atoms with Crippen LogP contribution in [0.5, 0.6) is 0 Å². The van der Waals surface area contributed by atoms with E-state index in [1.165, 1.54) is 18.5 Å². The Morgan fingerprint density at radius 2 is 1.90 bits per heavy atom.